The standard InChI is InChI=1S/C14H11NO4S/c16-14(11-4-2-1-3-5-11)10-20(19)13-8-6-12(7-9-13)15(17)18/h1-9H,10H2. The summed E-state index contributed by atoms with van der Waals surface area (Å²) in [7, 11) is -1.51. The van der Waals surface area contributed by atoms with Gasteiger partial charge >= 0.3 is 0 Å². The summed E-state index contributed by atoms with van der Waals surface area (Å²) in [5, 5.41) is 10.5. The highest BCUT2D eigenvalue weighted by Crippen LogP contribution is 2.15. The third kappa shape index (κ3) is 3.36. The Morgan fingerprint density at radius 3 is 2.20 bits per heavy atom. The molecule has 0 amide bonds. The highest BCUT2D eigenvalue weighted by molar-refractivity contribution is 7.85. The second-order valence-corrected chi connectivity index (χ2v) is 5.48. The molecule has 0 spiro atoms. The van der Waals surface area contributed by atoms with Crippen LogP contribution < -0.4 is 0 Å². The third-order valence-corrected chi connectivity index (χ3v) is 3.99. The Morgan fingerprint density at radius 2 is 1.65 bits per heavy atom. The van der Waals surface area contributed by atoms with Crippen LogP contribution in [0.25, 0.3) is 0 Å². The first-order valence-electron chi connectivity index (χ1n) is 5.79. The van der Waals surface area contributed by atoms with Gasteiger partial charge in [-0.3, -0.25) is 19.1 Å². The van der Waals surface area contributed by atoms with Gasteiger partial charge in [-0.25, -0.2) is 0 Å². The molecule has 2 aromatic rings. The molecule has 1 atom stereocenters. The molecule has 0 fully saturated rings. The van der Waals surface area contributed by atoms with Crippen molar-refractivity contribution in [1.82, 2.24) is 0 Å². The summed E-state index contributed by atoms with van der Waals surface area (Å²) in [4.78, 5) is 22.3. The molecule has 0 bridgehead atoms. The molecule has 0 aliphatic carbocycles. The van der Waals surface area contributed by atoms with Crippen molar-refractivity contribution in [2.75, 3.05) is 5.75 Å². The lowest BCUT2D eigenvalue weighted by atomic mass is 10.2. The first-order valence-corrected chi connectivity index (χ1v) is 7.11. The van der Waals surface area contributed by atoms with Crippen LogP contribution in [0.15, 0.2) is 59.5 Å². The van der Waals surface area contributed by atoms with E-state index in [2.05, 4.69) is 0 Å². The molecule has 0 N–H and O–H groups in total. The normalized spacial score (nSPS) is 11.8. The third-order valence-electron chi connectivity index (χ3n) is 2.67. The fourth-order valence-corrected chi connectivity index (χ4v) is 2.64. The molecule has 0 radical (unpaired) electrons. The molecule has 0 heterocycles. The number of hydrogen-bond acceptors (Lipinski definition) is 4. The van der Waals surface area contributed by atoms with E-state index in [0.717, 1.165) is 0 Å². The number of rotatable bonds is 5. The van der Waals surface area contributed by atoms with E-state index in [1.54, 1.807) is 30.3 Å². The smallest absolute Gasteiger partial charge is 0.269 e. The fraction of sp³-hybridized carbons (Fsp3) is 0.0714. The first-order chi connectivity index (χ1) is 9.58. The van der Waals surface area contributed by atoms with Crippen molar-refractivity contribution in [3.8, 4) is 0 Å². The maximum atomic E-state index is 12.0. The van der Waals surface area contributed by atoms with Crippen LogP contribution in [0, 0.1) is 10.1 Å². The Balaban J connectivity index is 2.08. The Morgan fingerprint density at radius 1 is 1.05 bits per heavy atom. The number of nitrogens with zero attached hydrogens (tertiary/aromatic N) is 1. The molecule has 0 saturated carbocycles. The monoisotopic (exact) mass is 289 g/mol. The Kier molecular flexibility index (Phi) is 4.37. The van der Waals surface area contributed by atoms with Crippen LogP contribution in [0.1, 0.15) is 10.4 Å². The predicted octanol–water partition coefficient (Wildman–Crippen LogP) is 2.59. The molecule has 0 aliphatic rings. The summed E-state index contributed by atoms with van der Waals surface area (Å²) < 4.78 is 12.0. The number of ketones is 1. The highest BCUT2D eigenvalue weighted by Gasteiger charge is 2.13. The number of carbonyl (C=O) groups excluding carboxylic acids is 1. The average molecular weight is 289 g/mol. The van der Waals surface area contributed by atoms with Gasteiger partial charge in [0.15, 0.2) is 5.78 Å². The second-order valence-electron chi connectivity index (χ2n) is 4.03. The Labute approximate surface area is 117 Å². The summed E-state index contributed by atoms with van der Waals surface area (Å²) >= 11 is 0. The van der Waals surface area contributed by atoms with Crippen molar-refractivity contribution in [2.45, 2.75) is 4.90 Å². The van der Waals surface area contributed by atoms with E-state index < -0.39 is 15.7 Å². The number of nitro groups is 1. The number of non-ortho nitro benzene ring substituents is 1. The van der Waals surface area contributed by atoms with Crippen LogP contribution >= 0.6 is 0 Å². The molecule has 2 aromatic carbocycles. The van der Waals surface area contributed by atoms with Gasteiger partial charge in [0, 0.05) is 22.6 Å². The van der Waals surface area contributed by atoms with Crippen molar-refractivity contribution in [3.63, 3.8) is 0 Å². The van der Waals surface area contributed by atoms with E-state index in [-0.39, 0.29) is 17.2 Å². The molecule has 20 heavy (non-hydrogen) atoms. The van der Waals surface area contributed by atoms with E-state index in [0.29, 0.717) is 10.5 Å². The SMILES string of the molecule is O=C(CS(=O)c1ccc([N+](=O)[O-])cc1)c1ccccc1. The summed E-state index contributed by atoms with van der Waals surface area (Å²) in [6.07, 6.45) is 0. The summed E-state index contributed by atoms with van der Waals surface area (Å²) in [5.74, 6) is -0.357. The van der Waals surface area contributed by atoms with Crippen LogP contribution in [0.5, 0.6) is 0 Å². The molecule has 5 nitrogen and oxygen atoms in total. The molecular weight excluding hydrogens is 278 g/mol. The van der Waals surface area contributed by atoms with E-state index in [1.165, 1.54) is 24.3 Å². The minimum atomic E-state index is -1.51. The van der Waals surface area contributed by atoms with Crippen LogP contribution in [0.4, 0.5) is 5.69 Å². The van der Waals surface area contributed by atoms with Gasteiger partial charge in [0.2, 0.25) is 0 Å². The van der Waals surface area contributed by atoms with Crippen LogP contribution in [0.3, 0.4) is 0 Å². The van der Waals surface area contributed by atoms with Gasteiger partial charge < -0.3 is 0 Å². The van der Waals surface area contributed by atoms with Crippen LogP contribution in [-0.2, 0) is 10.8 Å². The van der Waals surface area contributed by atoms with Crippen LogP contribution in [-0.4, -0.2) is 20.7 Å². The molecule has 1 unspecified atom stereocenters. The van der Waals surface area contributed by atoms with Crippen molar-refractivity contribution >= 4 is 22.3 Å². The number of carbonyl (C=O) groups is 1. The van der Waals surface area contributed by atoms with E-state index in [1.807, 2.05) is 0 Å². The van der Waals surface area contributed by atoms with Crippen molar-refractivity contribution in [2.24, 2.45) is 0 Å². The largest absolute Gasteiger partial charge is 0.293 e. The Hall–Kier alpha value is -2.34. The Bertz CT molecular complexity index is 653. The molecule has 6 heteroatoms. The fourth-order valence-electron chi connectivity index (χ4n) is 1.63. The topological polar surface area (TPSA) is 77.3 Å². The molecule has 0 saturated heterocycles. The van der Waals surface area contributed by atoms with Crippen molar-refractivity contribution in [1.29, 1.82) is 0 Å². The summed E-state index contributed by atoms with van der Waals surface area (Å²) in [6.45, 7) is 0. The lowest BCUT2D eigenvalue weighted by Gasteiger charge is -2.02. The van der Waals surface area contributed by atoms with Gasteiger partial charge in [-0.05, 0) is 12.1 Å². The molecule has 102 valence electrons. The quantitative estimate of drug-likeness (QED) is 0.481. The van der Waals surface area contributed by atoms with Gasteiger partial charge in [0.05, 0.1) is 21.5 Å². The molecule has 0 aliphatic heterocycles. The maximum Gasteiger partial charge on any atom is 0.269 e. The zero-order chi connectivity index (χ0) is 14.5. The first kappa shape index (κ1) is 14.1. The van der Waals surface area contributed by atoms with Crippen molar-refractivity contribution < 1.29 is 13.9 Å². The number of hydrogen-bond donors (Lipinski definition) is 0. The molecule has 0 aromatic heterocycles. The minimum Gasteiger partial charge on any atom is -0.293 e. The van der Waals surface area contributed by atoms with Gasteiger partial charge in [-0.2, -0.15) is 0 Å². The van der Waals surface area contributed by atoms with E-state index in [9.17, 15) is 19.1 Å². The predicted molar refractivity (Wildman–Crippen MR) is 75.1 cm³/mol. The number of benzene rings is 2. The lowest BCUT2D eigenvalue weighted by Crippen LogP contribution is -2.11. The maximum absolute atomic E-state index is 12.0. The van der Waals surface area contributed by atoms with Crippen molar-refractivity contribution in [3.05, 3.63) is 70.3 Å². The summed E-state index contributed by atoms with van der Waals surface area (Å²) in [5.41, 5.74) is 0.433. The minimum absolute atomic E-state index is 0.0693. The lowest BCUT2D eigenvalue weighted by molar-refractivity contribution is -0.384. The van der Waals surface area contributed by atoms with Gasteiger partial charge in [-0.15, -0.1) is 0 Å². The zero-order valence-electron chi connectivity index (χ0n) is 10.4. The number of Topliss-reactive ketones (excluding diaryl/α,β-unsaturated/α-hetero) is 1. The summed E-state index contributed by atoms with van der Waals surface area (Å²) in [6, 6.07) is 14.0. The number of nitro benzene ring substituents is 1. The van der Waals surface area contributed by atoms with E-state index >= 15 is 0 Å². The second kappa shape index (κ2) is 6.21. The molecular formula is C14H11NO4S. The van der Waals surface area contributed by atoms with Gasteiger partial charge in [-0.1, -0.05) is 30.3 Å². The zero-order valence-corrected chi connectivity index (χ0v) is 11.2. The van der Waals surface area contributed by atoms with Gasteiger partial charge in [0.25, 0.3) is 5.69 Å². The average Bonchev–Trinajstić information content (AvgIpc) is 2.48. The van der Waals surface area contributed by atoms with E-state index in [4.69, 9.17) is 0 Å². The van der Waals surface area contributed by atoms with Crippen LogP contribution in [0.2, 0.25) is 0 Å². The van der Waals surface area contributed by atoms with Gasteiger partial charge in [0.1, 0.15) is 0 Å². The molecule has 2 rings (SSSR count). The highest BCUT2D eigenvalue weighted by atomic mass is 32.2.